The zero-order chi connectivity index (χ0) is 40.7. The number of aromatic nitrogens is 4. The summed E-state index contributed by atoms with van der Waals surface area (Å²) in [7, 11) is -5.47. The van der Waals surface area contributed by atoms with Gasteiger partial charge in [-0.25, -0.2) is 28.2 Å². The number of fused-ring (bicyclic) bond motifs is 1. The van der Waals surface area contributed by atoms with Crippen LogP contribution in [0.15, 0.2) is 12.7 Å². The Labute approximate surface area is 319 Å². The smallest absolute Gasteiger partial charge is 0.481 e. The Morgan fingerprint density at radius 3 is 2.38 bits per heavy atom. The second kappa shape index (κ2) is 19.6. The van der Waals surface area contributed by atoms with Crippen LogP contribution >= 0.6 is 14.5 Å². The van der Waals surface area contributed by atoms with Crippen LogP contribution in [-0.4, -0.2) is 119 Å². The molecular formula is C30H46FN5O16P2S. The highest BCUT2D eigenvalue weighted by molar-refractivity contribution is 8.08. The number of nitrogen functional groups attached to an aromatic ring is 1. The summed E-state index contributed by atoms with van der Waals surface area (Å²) in [6, 6.07) is 0. The van der Waals surface area contributed by atoms with Gasteiger partial charge in [-0.1, -0.05) is 33.1 Å². The molecule has 2 aliphatic heterocycles. The third kappa shape index (κ3) is 12.3. The van der Waals surface area contributed by atoms with E-state index in [1.54, 1.807) is 13.8 Å². The van der Waals surface area contributed by atoms with Gasteiger partial charge in [0, 0.05) is 25.7 Å². The maximum atomic E-state index is 15.5. The minimum atomic E-state index is -5.47. The lowest BCUT2D eigenvalue weighted by Gasteiger charge is -2.44. The number of phosphoric acid groups is 1. The molecule has 0 aliphatic carbocycles. The van der Waals surface area contributed by atoms with Crippen molar-refractivity contribution in [3.8, 4) is 0 Å². The van der Waals surface area contributed by atoms with Gasteiger partial charge in [-0.05, 0) is 30.6 Å². The van der Waals surface area contributed by atoms with Crippen LogP contribution in [0.3, 0.4) is 0 Å². The number of nitrogens with two attached hydrogens (primary N) is 1. The fourth-order valence-corrected chi connectivity index (χ4v) is 9.19. The minimum Gasteiger partial charge on any atom is -0.481 e. The lowest BCUT2D eigenvalue weighted by molar-refractivity contribution is -0.262. The molecule has 5 unspecified atom stereocenters. The second-order valence-corrected chi connectivity index (χ2v) is 17.6. The Morgan fingerprint density at radius 2 is 1.71 bits per heavy atom. The Hall–Kier alpha value is -2.79. The van der Waals surface area contributed by atoms with Crippen molar-refractivity contribution in [2.45, 2.75) is 115 Å². The number of nitrogens with zero attached hydrogens (tertiary/aromatic N) is 4. The number of alkyl halides is 1. The van der Waals surface area contributed by atoms with E-state index in [9.17, 15) is 38.9 Å². The Morgan fingerprint density at radius 1 is 1.04 bits per heavy atom. The molecule has 0 radical (unpaired) electrons. The fraction of sp³-hybridized carbons (Fsp3) is 0.733. The first kappa shape index (κ1) is 44.9. The van der Waals surface area contributed by atoms with Crippen molar-refractivity contribution in [2.75, 3.05) is 18.9 Å². The van der Waals surface area contributed by atoms with E-state index in [4.69, 9.17) is 55.0 Å². The third-order valence-corrected chi connectivity index (χ3v) is 12.6. The molecule has 2 fully saturated rings. The predicted octanol–water partition coefficient (Wildman–Crippen LogP) is 2.02. The molecule has 0 bridgehead atoms. The van der Waals surface area contributed by atoms with Crippen molar-refractivity contribution in [3.63, 3.8) is 0 Å². The first-order valence-electron chi connectivity index (χ1n) is 17.3. The van der Waals surface area contributed by atoms with Gasteiger partial charge >= 0.3 is 32.4 Å². The SMILES string of the molecule is CC(=O)OC1[C@H](OP(=O)(O)OP(O)(=S)OC[C@H]2O[C@@H](n3cnc4c(N)ncnc43)[C@@H](O)C2O)OC([C@@H](F)COC(=O)CCCCCCCC(=O)O)[C@@H](C)[C@@H]1C. The van der Waals surface area contributed by atoms with E-state index in [-0.39, 0.29) is 29.8 Å². The molecule has 21 nitrogen and oxygen atoms in total. The summed E-state index contributed by atoms with van der Waals surface area (Å²) in [6.45, 7) is -2.02. The highest BCUT2D eigenvalue weighted by Gasteiger charge is 2.51. The van der Waals surface area contributed by atoms with Crippen LogP contribution in [-0.2, 0) is 63.1 Å². The molecule has 4 rings (SSSR count). The summed E-state index contributed by atoms with van der Waals surface area (Å²) in [5.41, 5.74) is 6.18. The van der Waals surface area contributed by atoms with Gasteiger partial charge in [0.1, 0.15) is 36.8 Å². The number of carbonyl (C=O) groups is 3. The summed E-state index contributed by atoms with van der Waals surface area (Å²) in [5, 5.41) is 30.0. The Bertz CT molecular complexity index is 1740. The summed E-state index contributed by atoms with van der Waals surface area (Å²) < 4.78 is 66.8. The normalized spacial score (nSPS) is 29.6. The lowest BCUT2D eigenvalue weighted by Crippen LogP contribution is -2.55. The van der Waals surface area contributed by atoms with Gasteiger partial charge in [-0.2, -0.15) is 0 Å². The second-order valence-electron chi connectivity index (χ2n) is 13.2. The van der Waals surface area contributed by atoms with E-state index >= 15 is 4.39 Å². The number of phosphoric ester groups is 1. The standard InChI is InChI=1S/C30H46FN5O16P2S/c1-15-16(2)26(48-17(3)37)30(50-25(15)18(31)11-46-21(40)10-8-6-4-5-7-9-20(38)39)51-53(43,44)52-54(45,55)47-12-19-23(41)24(42)29(49-19)36-14-35-22-27(32)33-13-34-28(22)36/h13-16,18-19,23-26,29-30,41-42H,4-12H2,1-3H3,(H,38,39)(H,43,44)(H,45,55)(H2,32,33,34)/t15-,16-,18-,19+,23?,24-,25?,26?,29+,30-,54?/m0/s1. The molecule has 55 heavy (non-hydrogen) atoms. The van der Waals surface area contributed by atoms with Gasteiger partial charge in [0.15, 0.2) is 30.0 Å². The van der Waals surface area contributed by atoms with Gasteiger partial charge in [-0.3, -0.25) is 23.5 Å². The van der Waals surface area contributed by atoms with Crippen molar-refractivity contribution in [1.82, 2.24) is 19.5 Å². The molecule has 0 aromatic carbocycles. The summed E-state index contributed by atoms with van der Waals surface area (Å²) in [6.07, 6.45) is -6.99. The minimum absolute atomic E-state index is 0.00331. The van der Waals surface area contributed by atoms with Crippen LogP contribution in [0.25, 0.3) is 11.2 Å². The van der Waals surface area contributed by atoms with Crippen molar-refractivity contribution < 1.29 is 80.8 Å². The summed E-state index contributed by atoms with van der Waals surface area (Å²) in [5.74, 6) is -3.79. The molecular weight excluding hydrogens is 799 g/mol. The highest BCUT2D eigenvalue weighted by Crippen LogP contribution is 2.62. The van der Waals surface area contributed by atoms with E-state index < -0.39 is 107 Å². The Balaban J connectivity index is 1.33. The summed E-state index contributed by atoms with van der Waals surface area (Å²) >= 11 is 4.89. The maximum absolute atomic E-state index is 15.5. The Kier molecular flexibility index (Phi) is 16.0. The number of imidazole rings is 1. The van der Waals surface area contributed by atoms with E-state index in [1.165, 1.54) is 10.9 Å². The quantitative estimate of drug-likeness (QED) is 0.0631. The van der Waals surface area contributed by atoms with Crippen LogP contribution in [0, 0.1) is 11.8 Å². The van der Waals surface area contributed by atoms with E-state index in [0.717, 1.165) is 19.7 Å². The van der Waals surface area contributed by atoms with E-state index in [0.29, 0.717) is 25.7 Å². The average Bonchev–Trinajstić information content (AvgIpc) is 3.65. The van der Waals surface area contributed by atoms with Gasteiger partial charge in [0.05, 0.1) is 19.0 Å². The summed E-state index contributed by atoms with van der Waals surface area (Å²) in [4.78, 5) is 68.0. The molecule has 12 atom stereocenters. The van der Waals surface area contributed by atoms with Crippen LogP contribution in [0.5, 0.6) is 0 Å². The number of aliphatic hydroxyl groups is 2. The molecule has 0 amide bonds. The van der Waals surface area contributed by atoms with Gasteiger partial charge in [-0.15, -0.1) is 0 Å². The van der Waals surface area contributed by atoms with E-state index in [1.807, 2.05) is 0 Å². The number of anilines is 1. The molecule has 0 saturated carbocycles. The fourth-order valence-electron chi connectivity index (χ4n) is 6.10. The average molecular weight is 846 g/mol. The molecule has 310 valence electrons. The van der Waals surface area contributed by atoms with Crippen molar-refractivity contribution in [3.05, 3.63) is 12.7 Å². The number of hydrogen-bond acceptors (Lipinski definition) is 18. The van der Waals surface area contributed by atoms with Crippen LogP contribution < -0.4 is 5.73 Å². The van der Waals surface area contributed by atoms with Crippen LogP contribution in [0.2, 0.25) is 0 Å². The topological polar surface area (TPSA) is 304 Å². The number of hydrogen-bond donors (Lipinski definition) is 6. The van der Waals surface area contributed by atoms with E-state index in [2.05, 4.69) is 15.0 Å². The predicted molar refractivity (Wildman–Crippen MR) is 188 cm³/mol. The molecule has 2 aromatic rings. The van der Waals surface area contributed by atoms with Crippen LogP contribution in [0.1, 0.15) is 71.9 Å². The zero-order valence-corrected chi connectivity index (χ0v) is 32.7. The molecule has 2 aromatic heterocycles. The number of esters is 2. The molecule has 25 heteroatoms. The zero-order valence-electron chi connectivity index (χ0n) is 30.1. The molecule has 2 saturated heterocycles. The van der Waals surface area contributed by atoms with Crippen molar-refractivity contribution in [2.24, 2.45) is 11.8 Å². The van der Waals surface area contributed by atoms with Gasteiger partial charge in [0.25, 0.3) is 0 Å². The number of ether oxygens (including phenoxy) is 4. The number of unbranched alkanes of at least 4 members (excludes halogenated alkanes) is 4. The number of carbonyl (C=O) groups excluding carboxylic acids is 2. The number of carboxylic acids is 1. The number of aliphatic hydroxyl groups excluding tert-OH is 2. The molecule has 4 heterocycles. The number of rotatable bonds is 20. The number of aliphatic carboxylic acids is 1. The first-order chi connectivity index (χ1) is 25.8. The first-order valence-corrected chi connectivity index (χ1v) is 21.4. The largest absolute Gasteiger partial charge is 0.481 e. The maximum Gasteiger partial charge on any atom is 0.481 e. The lowest BCUT2D eigenvalue weighted by atomic mass is 9.82. The third-order valence-electron chi connectivity index (χ3n) is 9.10. The molecule has 2 aliphatic rings. The van der Waals surface area contributed by atoms with Crippen molar-refractivity contribution >= 4 is 61.2 Å². The van der Waals surface area contributed by atoms with Gasteiger partial charge in [0.2, 0.25) is 6.29 Å². The van der Waals surface area contributed by atoms with Crippen LogP contribution in [0.4, 0.5) is 10.2 Å². The van der Waals surface area contributed by atoms with Gasteiger partial charge < -0.3 is 54.3 Å². The number of halogens is 1. The monoisotopic (exact) mass is 845 g/mol. The molecule has 0 spiro atoms. The highest BCUT2D eigenvalue weighted by atomic mass is 32.5. The number of carboxylic acid groups (broad SMARTS) is 1. The molecule has 7 N–H and O–H groups in total. The van der Waals surface area contributed by atoms with Crippen molar-refractivity contribution in [1.29, 1.82) is 0 Å².